The summed E-state index contributed by atoms with van der Waals surface area (Å²) in [6.45, 7) is 2.35. The van der Waals surface area contributed by atoms with Crippen molar-refractivity contribution < 1.29 is 17.7 Å². The highest BCUT2D eigenvalue weighted by molar-refractivity contribution is 5.55. The van der Waals surface area contributed by atoms with Gasteiger partial charge in [-0.05, 0) is 25.1 Å². The quantitative estimate of drug-likeness (QED) is 0.936. The first-order valence-corrected chi connectivity index (χ1v) is 6.13. The Morgan fingerprint density at radius 3 is 2.75 bits per heavy atom. The van der Waals surface area contributed by atoms with E-state index in [0.717, 1.165) is 12.1 Å². The summed E-state index contributed by atoms with van der Waals surface area (Å²) in [5.41, 5.74) is 4.97. The van der Waals surface area contributed by atoms with Crippen molar-refractivity contribution >= 4 is 0 Å². The molecule has 0 saturated carbocycles. The molecule has 7 heteroatoms. The van der Waals surface area contributed by atoms with Crippen LogP contribution < -0.4 is 5.73 Å². The Morgan fingerprint density at radius 2 is 2.10 bits per heavy atom. The van der Waals surface area contributed by atoms with E-state index in [9.17, 15) is 13.2 Å². The molecular formula is C13H14F3N3O. The molecule has 20 heavy (non-hydrogen) atoms. The molecule has 1 atom stereocenters. The van der Waals surface area contributed by atoms with Crippen LogP contribution in [-0.4, -0.2) is 16.7 Å². The van der Waals surface area contributed by atoms with E-state index in [4.69, 9.17) is 10.3 Å². The van der Waals surface area contributed by atoms with Crippen LogP contribution >= 0.6 is 0 Å². The Balaban J connectivity index is 2.28. The standard InChI is InChI=1S/C13H14F3N3O/c1-8(5-6-17)12-18-11(19-20-12)9-3-2-4-10(7-9)13(14,15)16/h2-4,7-8H,5-6,17H2,1H3. The third-order valence-corrected chi connectivity index (χ3v) is 2.91. The van der Waals surface area contributed by atoms with E-state index in [1.54, 1.807) is 0 Å². The van der Waals surface area contributed by atoms with E-state index in [0.29, 0.717) is 18.9 Å². The summed E-state index contributed by atoms with van der Waals surface area (Å²) >= 11 is 0. The van der Waals surface area contributed by atoms with Gasteiger partial charge < -0.3 is 10.3 Å². The molecular weight excluding hydrogens is 271 g/mol. The summed E-state index contributed by atoms with van der Waals surface area (Å²) in [5, 5.41) is 3.72. The number of halogens is 3. The highest BCUT2D eigenvalue weighted by Gasteiger charge is 2.30. The predicted molar refractivity (Wildman–Crippen MR) is 66.8 cm³/mol. The number of rotatable bonds is 4. The van der Waals surface area contributed by atoms with Gasteiger partial charge in [-0.3, -0.25) is 0 Å². The zero-order valence-electron chi connectivity index (χ0n) is 10.8. The Kier molecular flexibility index (Phi) is 4.08. The molecule has 0 aliphatic rings. The summed E-state index contributed by atoms with van der Waals surface area (Å²) in [6, 6.07) is 4.83. The lowest BCUT2D eigenvalue weighted by Crippen LogP contribution is -2.05. The average Bonchev–Trinajstić information content (AvgIpc) is 2.88. The molecule has 2 rings (SSSR count). The minimum atomic E-state index is -4.39. The fourth-order valence-corrected chi connectivity index (χ4v) is 1.76. The zero-order valence-corrected chi connectivity index (χ0v) is 10.8. The second kappa shape index (κ2) is 5.62. The number of hydrogen-bond acceptors (Lipinski definition) is 4. The van der Waals surface area contributed by atoms with Crippen molar-refractivity contribution in [2.24, 2.45) is 5.73 Å². The highest BCUT2D eigenvalue weighted by Crippen LogP contribution is 2.31. The monoisotopic (exact) mass is 285 g/mol. The second-order valence-electron chi connectivity index (χ2n) is 4.51. The Morgan fingerprint density at radius 1 is 1.35 bits per heavy atom. The van der Waals surface area contributed by atoms with Crippen LogP contribution in [0.1, 0.15) is 30.7 Å². The van der Waals surface area contributed by atoms with Gasteiger partial charge in [0.25, 0.3) is 0 Å². The van der Waals surface area contributed by atoms with E-state index >= 15 is 0 Å². The smallest absolute Gasteiger partial charge is 0.339 e. The minimum Gasteiger partial charge on any atom is -0.339 e. The van der Waals surface area contributed by atoms with Gasteiger partial charge in [-0.25, -0.2) is 0 Å². The summed E-state index contributed by atoms with van der Waals surface area (Å²) in [5.74, 6) is 0.505. The van der Waals surface area contributed by atoms with Gasteiger partial charge in [0, 0.05) is 11.5 Å². The number of nitrogens with two attached hydrogens (primary N) is 1. The van der Waals surface area contributed by atoms with Crippen LogP contribution in [0.3, 0.4) is 0 Å². The molecule has 0 spiro atoms. The lowest BCUT2D eigenvalue weighted by molar-refractivity contribution is -0.137. The summed E-state index contributed by atoms with van der Waals surface area (Å²) < 4.78 is 43.0. The molecule has 0 aliphatic carbocycles. The second-order valence-corrected chi connectivity index (χ2v) is 4.51. The SMILES string of the molecule is CC(CCN)c1nc(-c2cccc(C(F)(F)F)c2)no1. The number of benzene rings is 1. The minimum absolute atomic E-state index is 0.0213. The van der Waals surface area contributed by atoms with Crippen molar-refractivity contribution in [3.63, 3.8) is 0 Å². The van der Waals surface area contributed by atoms with Crippen LogP contribution in [0.5, 0.6) is 0 Å². The van der Waals surface area contributed by atoms with Gasteiger partial charge in [0.2, 0.25) is 11.7 Å². The van der Waals surface area contributed by atoms with Crippen LogP contribution in [0, 0.1) is 0 Å². The fourth-order valence-electron chi connectivity index (χ4n) is 1.76. The number of nitrogens with zero attached hydrogens (tertiary/aromatic N) is 2. The topological polar surface area (TPSA) is 64.9 Å². The van der Waals surface area contributed by atoms with Crippen molar-refractivity contribution in [3.8, 4) is 11.4 Å². The molecule has 1 aromatic carbocycles. The van der Waals surface area contributed by atoms with E-state index in [1.165, 1.54) is 12.1 Å². The third-order valence-electron chi connectivity index (χ3n) is 2.91. The molecule has 0 radical (unpaired) electrons. The van der Waals surface area contributed by atoms with Gasteiger partial charge >= 0.3 is 6.18 Å². The van der Waals surface area contributed by atoms with Crippen molar-refractivity contribution in [2.75, 3.05) is 6.54 Å². The number of hydrogen-bond donors (Lipinski definition) is 1. The summed E-state index contributed by atoms with van der Waals surface area (Å²) in [6.07, 6.45) is -3.72. The molecule has 4 nitrogen and oxygen atoms in total. The molecule has 1 unspecified atom stereocenters. The molecule has 0 bridgehead atoms. The lowest BCUT2D eigenvalue weighted by Gasteiger charge is -2.06. The molecule has 0 fully saturated rings. The van der Waals surface area contributed by atoms with Gasteiger partial charge in [0.05, 0.1) is 5.56 Å². The van der Waals surface area contributed by atoms with Crippen molar-refractivity contribution in [2.45, 2.75) is 25.4 Å². The molecule has 1 heterocycles. The van der Waals surface area contributed by atoms with Crippen molar-refractivity contribution in [1.29, 1.82) is 0 Å². The summed E-state index contributed by atoms with van der Waals surface area (Å²) in [4.78, 5) is 4.12. The van der Waals surface area contributed by atoms with Crippen LogP contribution in [0.4, 0.5) is 13.2 Å². The van der Waals surface area contributed by atoms with Gasteiger partial charge in [-0.15, -0.1) is 0 Å². The van der Waals surface area contributed by atoms with Crippen molar-refractivity contribution in [3.05, 3.63) is 35.7 Å². The molecule has 2 aromatic rings. The molecule has 0 saturated heterocycles. The Labute approximate surface area is 113 Å². The fraction of sp³-hybridized carbons (Fsp3) is 0.385. The number of aromatic nitrogens is 2. The maximum atomic E-state index is 12.6. The first-order valence-electron chi connectivity index (χ1n) is 6.13. The molecule has 1 aromatic heterocycles. The Hall–Kier alpha value is -1.89. The normalized spacial score (nSPS) is 13.4. The maximum absolute atomic E-state index is 12.6. The van der Waals surface area contributed by atoms with E-state index in [2.05, 4.69) is 10.1 Å². The van der Waals surface area contributed by atoms with Crippen LogP contribution in [0.2, 0.25) is 0 Å². The molecule has 108 valence electrons. The predicted octanol–water partition coefficient (Wildman–Crippen LogP) is 3.21. The highest BCUT2D eigenvalue weighted by atomic mass is 19.4. The summed E-state index contributed by atoms with van der Waals surface area (Å²) in [7, 11) is 0. The molecule has 0 aliphatic heterocycles. The van der Waals surface area contributed by atoms with Gasteiger partial charge in [-0.1, -0.05) is 24.2 Å². The Bertz CT molecular complexity index is 580. The van der Waals surface area contributed by atoms with Crippen molar-refractivity contribution in [1.82, 2.24) is 10.1 Å². The maximum Gasteiger partial charge on any atom is 0.416 e. The van der Waals surface area contributed by atoms with Crippen LogP contribution in [0.15, 0.2) is 28.8 Å². The largest absolute Gasteiger partial charge is 0.416 e. The lowest BCUT2D eigenvalue weighted by atomic mass is 10.1. The van der Waals surface area contributed by atoms with E-state index < -0.39 is 11.7 Å². The first-order chi connectivity index (χ1) is 9.41. The average molecular weight is 285 g/mol. The number of alkyl halides is 3. The third kappa shape index (κ3) is 3.16. The molecule has 2 N–H and O–H groups in total. The first kappa shape index (κ1) is 14.5. The van der Waals surface area contributed by atoms with Gasteiger partial charge in [0.1, 0.15) is 0 Å². The van der Waals surface area contributed by atoms with E-state index in [-0.39, 0.29) is 17.3 Å². The zero-order chi connectivity index (χ0) is 14.8. The van der Waals surface area contributed by atoms with Crippen LogP contribution in [0.25, 0.3) is 11.4 Å². The van der Waals surface area contributed by atoms with Crippen LogP contribution in [-0.2, 0) is 6.18 Å². The van der Waals surface area contributed by atoms with Gasteiger partial charge in [-0.2, -0.15) is 18.2 Å². The van der Waals surface area contributed by atoms with E-state index in [1.807, 2.05) is 6.92 Å². The van der Waals surface area contributed by atoms with Gasteiger partial charge in [0.15, 0.2) is 0 Å². The molecule has 0 amide bonds.